The number of hydrogen-bond donors (Lipinski definition) is 1. The van der Waals surface area contributed by atoms with Crippen LogP contribution in [0.3, 0.4) is 0 Å². The first-order chi connectivity index (χ1) is 14.1. The molecule has 0 spiro atoms. The average Bonchev–Trinajstić information content (AvgIpc) is 3.45. The summed E-state index contributed by atoms with van der Waals surface area (Å²) in [5.74, 6) is 0.238. The third kappa shape index (κ3) is 4.11. The lowest BCUT2D eigenvalue weighted by molar-refractivity contribution is -0.124. The summed E-state index contributed by atoms with van der Waals surface area (Å²) in [5, 5.41) is 8.68. The average molecular weight is 408 g/mol. The summed E-state index contributed by atoms with van der Waals surface area (Å²) < 4.78 is 6.63. The molecule has 1 atom stereocenters. The number of hydrogen-bond acceptors (Lipinski definition) is 8. The lowest BCUT2D eigenvalue weighted by Crippen LogP contribution is -2.35. The fourth-order valence-electron chi connectivity index (χ4n) is 2.65. The maximum atomic E-state index is 12.5. The monoisotopic (exact) mass is 408 g/mol. The van der Waals surface area contributed by atoms with Gasteiger partial charge in [0.1, 0.15) is 11.7 Å². The van der Waals surface area contributed by atoms with Crippen molar-refractivity contribution in [3.63, 3.8) is 0 Å². The molecular formula is C19H16N6O3S. The molecule has 0 fully saturated rings. The Labute approximate surface area is 169 Å². The number of nitrogens with one attached hydrogen (secondary N) is 1. The van der Waals surface area contributed by atoms with Crippen molar-refractivity contribution in [2.45, 2.75) is 19.5 Å². The molecule has 4 aromatic heterocycles. The van der Waals surface area contributed by atoms with Crippen LogP contribution in [-0.2, 0) is 11.3 Å². The largest absolute Gasteiger partial charge is 0.349 e. The Morgan fingerprint density at radius 1 is 1.31 bits per heavy atom. The molecule has 10 heteroatoms. The van der Waals surface area contributed by atoms with Crippen molar-refractivity contribution in [2.75, 3.05) is 0 Å². The maximum absolute atomic E-state index is 12.5. The van der Waals surface area contributed by atoms with Gasteiger partial charge in [-0.2, -0.15) is 4.98 Å². The second-order valence-corrected chi connectivity index (χ2v) is 7.18. The molecule has 1 unspecified atom stereocenters. The lowest BCUT2D eigenvalue weighted by atomic mass is 10.2. The van der Waals surface area contributed by atoms with E-state index in [1.54, 1.807) is 30.5 Å². The predicted octanol–water partition coefficient (Wildman–Crippen LogP) is 2.29. The summed E-state index contributed by atoms with van der Waals surface area (Å²) in [6.07, 6.45) is 6.13. The molecule has 4 aromatic rings. The zero-order valence-corrected chi connectivity index (χ0v) is 16.2. The van der Waals surface area contributed by atoms with E-state index in [0.717, 1.165) is 4.88 Å². The number of carbonyl (C=O) groups excluding carboxylic acids is 1. The second-order valence-electron chi connectivity index (χ2n) is 6.15. The Morgan fingerprint density at radius 2 is 2.21 bits per heavy atom. The van der Waals surface area contributed by atoms with Crippen LogP contribution in [0.1, 0.15) is 17.8 Å². The molecule has 0 aliphatic carbocycles. The smallest absolute Gasteiger partial charge is 0.259 e. The fourth-order valence-corrected chi connectivity index (χ4v) is 3.30. The van der Waals surface area contributed by atoms with E-state index in [-0.39, 0.29) is 23.2 Å². The molecule has 0 radical (unpaired) electrons. The van der Waals surface area contributed by atoms with Gasteiger partial charge in [0.05, 0.1) is 18.3 Å². The molecule has 0 aromatic carbocycles. The summed E-state index contributed by atoms with van der Waals surface area (Å²) in [6, 6.07) is 6.09. The minimum Gasteiger partial charge on any atom is -0.349 e. The highest BCUT2D eigenvalue weighted by Gasteiger charge is 2.18. The quantitative estimate of drug-likeness (QED) is 0.520. The van der Waals surface area contributed by atoms with Gasteiger partial charge in [0, 0.05) is 29.5 Å². The van der Waals surface area contributed by atoms with Crippen LogP contribution in [0.2, 0.25) is 0 Å². The summed E-state index contributed by atoms with van der Waals surface area (Å²) >= 11 is 1.56. The van der Waals surface area contributed by atoms with Crippen LogP contribution in [0.15, 0.2) is 63.8 Å². The first kappa shape index (κ1) is 18.7. The predicted molar refractivity (Wildman–Crippen MR) is 106 cm³/mol. The summed E-state index contributed by atoms with van der Waals surface area (Å²) in [7, 11) is 0. The third-order valence-corrected chi connectivity index (χ3v) is 5.09. The Hall–Kier alpha value is -3.66. The number of aromatic nitrogens is 5. The van der Waals surface area contributed by atoms with Crippen molar-refractivity contribution >= 4 is 17.2 Å². The van der Waals surface area contributed by atoms with Crippen molar-refractivity contribution < 1.29 is 9.32 Å². The van der Waals surface area contributed by atoms with Gasteiger partial charge in [-0.15, -0.1) is 11.3 Å². The van der Waals surface area contributed by atoms with E-state index >= 15 is 0 Å². The molecule has 146 valence electrons. The number of carbonyl (C=O) groups is 1. The first-order valence-corrected chi connectivity index (χ1v) is 9.62. The Bertz CT molecular complexity index is 1170. The number of pyridine rings is 1. The van der Waals surface area contributed by atoms with Crippen LogP contribution >= 0.6 is 11.3 Å². The van der Waals surface area contributed by atoms with Gasteiger partial charge >= 0.3 is 0 Å². The van der Waals surface area contributed by atoms with Crippen LogP contribution < -0.4 is 10.9 Å². The van der Waals surface area contributed by atoms with E-state index in [1.807, 2.05) is 17.5 Å². The van der Waals surface area contributed by atoms with Gasteiger partial charge in [-0.1, -0.05) is 11.2 Å². The summed E-state index contributed by atoms with van der Waals surface area (Å²) in [5.41, 5.74) is 0.684. The van der Waals surface area contributed by atoms with Gasteiger partial charge in [-0.3, -0.25) is 14.6 Å². The van der Waals surface area contributed by atoms with Crippen molar-refractivity contribution in [1.82, 2.24) is 30.0 Å². The number of thiophene rings is 1. The number of rotatable bonds is 6. The SMILES string of the molecule is CC(C(=O)NCc1cccs1)n1cc(-c2nc(-c3cnccn3)no2)ccc1=O. The molecule has 0 aliphatic heterocycles. The minimum absolute atomic E-state index is 0.214. The molecule has 29 heavy (non-hydrogen) atoms. The van der Waals surface area contributed by atoms with E-state index in [1.165, 1.54) is 29.2 Å². The molecule has 4 heterocycles. The minimum atomic E-state index is -0.704. The normalized spacial score (nSPS) is 11.9. The number of nitrogens with zero attached hydrogens (tertiary/aromatic N) is 5. The molecule has 1 amide bonds. The van der Waals surface area contributed by atoms with Crippen LogP contribution in [0.25, 0.3) is 23.0 Å². The van der Waals surface area contributed by atoms with Gasteiger partial charge < -0.3 is 14.4 Å². The van der Waals surface area contributed by atoms with E-state index in [9.17, 15) is 9.59 Å². The standard InChI is InChI=1S/C19H16N6O3S/c1-12(18(27)22-9-14-3-2-8-29-14)25-11-13(4-5-16(25)26)19-23-17(24-28-19)15-10-20-6-7-21-15/h2-8,10-12H,9H2,1H3,(H,22,27). The van der Waals surface area contributed by atoms with Crippen LogP contribution in [0.5, 0.6) is 0 Å². The van der Waals surface area contributed by atoms with E-state index in [4.69, 9.17) is 4.52 Å². The van der Waals surface area contributed by atoms with Gasteiger partial charge in [0.2, 0.25) is 11.7 Å². The number of amides is 1. The molecule has 1 N–H and O–H groups in total. The van der Waals surface area contributed by atoms with Gasteiger partial charge in [0.15, 0.2) is 0 Å². The molecule has 0 saturated heterocycles. The Kier molecular flexibility index (Phi) is 5.25. The lowest BCUT2D eigenvalue weighted by Gasteiger charge is -2.15. The summed E-state index contributed by atoms with van der Waals surface area (Å²) in [6.45, 7) is 2.08. The van der Waals surface area contributed by atoms with Gasteiger partial charge in [0.25, 0.3) is 11.4 Å². The van der Waals surface area contributed by atoms with E-state index < -0.39 is 6.04 Å². The molecule has 9 nitrogen and oxygen atoms in total. The van der Waals surface area contributed by atoms with Crippen LogP contribution in [0, 0.1) is 0 Å². The summed E-state index contributed by atoms with van der Waals surface area (Å²) in [4.78, 5) is 38.2. The molecular weight excluding hydrogens is 392 g/mol. The van der Waals surface area contributed by atoms with Crippen LogP contribution in [0.4, 0.5) is 0 Å². The maximum Gasteiger partial charge on any atom is 0.259 e. The van der Waals surface area contributed by atoms with Gasteiger partial charge in [-0.25, -0.2) is 4.98 Å². The van der Waals surface area contributed by atoms with E-state index in [0.29, 0.717) is 17.8 Å². The highest BCUT2D eigenvalue weighted by molar-refractivity contribution is 7.09. The van der Waals surface area contributed by atoms with Crippen molar-refractivity contribution in [2.24, 2.45) is 0 Å². The van der Waals surface area contributed by atoms with E-state index in [2.05, 4.69) is 25.4 Å². The molecule has 0 bridgehead atoms. The van der Waals surface area contributed by atoms with Crippen molar-refractivity contribution in [1.29, 1.82) is 0 Å². The molecule has 4 rings (SSSR count). The van der Waals surface area contributed by atoms with Crippen molar-refractivity contribution in [3.8, 4) is 23.0 Å². The zero-order valence-electron chi connectivity index (χ0n) is 15.3. The highest BCUT2D eigenvalue weighted by Crippen LogP contribution is 2.20. The van der Waals surface area contributed by atoms with Gasteiger partial charge in [-0.05, 0) is 24.4 Å². The molecule has 0 saturated carbocycles. The second kappa shape index (κ2) is 8.15. The van der Waals surface area contributed by atoms with Crippen LogP contribution in [-0.4, -0.2) is 30.6 Å². The zero-order chi connectivity index (χ0) is 20.2. The Balaban J connectivity index is 1.55. The third-order valence-electron chi connectivity index (χ3n) is 4.22. The topological polar surface area (TPSA) is 116 Å². The molecule has 0 aliphatic rings. The Morgan fingerprint density at radius 3 is 2.97 bits per heavy atom. The first-order valence-electron chi connectivity index (χ1n) is 8.74. The highest BCUT2D eigenvalue weighted by atomic mass is 32.1. The fraction of sp³-hybridized carbons (Fsp3) is 0.158. The van der Waals surface area contributed by atoms with Crippen molar-refractivity contribution in [3.05, 3.63) is 69.7 Å².